The van der Waals surface area contributed by atoms with E-state index in [1.165, 1.54) is 8.61 Å². The zero-order chi connectivity index (χ0) is 31.0. The number of hydrogen-bond donors (Lipinski definition) is 0. The van der Waals surface area contributed by atoms with Crippen molar-refractivity contribution in [2.24, 2.45) is 0 Å². The topological polar surface area (TPSA) is 95.1 Å². The molecule has 1 aliphatic rings. The minimum Gasteiger partial charge on any atom is -0.340 e. The van der Waals surface area contributed by atoms with Gasteiger partial charge in [0.1, 0.15) is 0 Å². The first-order chi connectivity index (χ1) is 19.7. The van der Waals surface area contributed by atoms with Gasteiger partial charge in [0.2, 0.25) is 15.9 Å². The van der Waals surface area contributed by atoms with Crippen molar-refractivity contribution in [1.29, 1.82) is 0 Å². The normalized spacial score (nSPS) is 14.7. The summed E-state index contributed by atoms with van der Waals surface area (Å²) in [6.45, 7) is 14.3. The first-order valence-corrected chi connectivity index (χ1v) is 17.0. The molecule has 1 amide bonds. The van der Waals surface area contributed by atoms with E-state index < -0.39 is 20.0 Å². The van der Waals surface area contributed by atoms with E-state index in [4.69, 9.17) is 0 Å². The molecule has 3 aromatic rings. The molecule has 226 valence electrons. The second kappa shape index (κ2) is 12.2. The summed E-state index contributed by atoms with van der Waals surface area (Å²) in [4.78, 5) is 15.4. The minimum atomic E-state index is -3.91. The molecule has 0 bridgehead atoms. The van der Waals surface area contributed by atoms with Gasteiger partial charge >= 0.3 is 0 Å². The van der Waals surface area contributed by atoms with Gasteiger partial charge in [0, 0.05) is 39.1 Å². The molecule has 1 aliphatic heterocycles. The molecule has 8 nitrogen and oxygen atoms in total. The molecule has 0 N–H and O–H groups in total. The SMILES string of the molecule is Cc1ccc(N(CCC(=O)N2CCN(S(=O)(=O)c3c(C)c(C)c(C)c(C)c3C)CC2)S(=O)(=O)c2ccc(C)cc2)cc1. The highest BCUT2D eigenvalue weighted by molar-refractivity contribution is 7.92. The monoisotopic (exact) mass is 611 g/mol. The van der Waals surface area contributed by atoms with Gasteiger partial charge in [-0.3, -0.25) is 9.10 Å². The van der Waals surface area contributed by atoms with Crippen LogP contribution in [-0.4, -0.2) is 64.7 Å². The zero-order valence-corrected chi connectivity index (χ0v) is 27.2. The maximum Gasteiger partial charge on any atom is 0.264 e. The van der Waals surface area contributed by atoms with E-state index in [9.17, 15) is 21.6 Å². The number of amides is 1. The van der Waals surface area contributed by atoms with Gasteiger partial charge in [-0.25, -0.2) is 16.8 Å². The van der Waals surface area contributed by atoms with Crippen LogP contribution < -0.4 is 4.31 Å². The number of anilines is 1. The second-order valence-corrected chi connectivity index (χ2v) is 15.0. The smallest absolute Gasteiger partial charge is 0.264 e. The molecule has 1 heterocycles. The standard InChI is InChI=1S/C32H41N3O5S2/c1-22-8-12-29(13-9-22)35(41(37,38)30-14-10-23(2)11-15-30)17-16-31(36)33-18-20-34(21-19-33)42(39,40)32-27(6)25(4)24(3)26(5)28(32)7/h8-15H,16-21H2,1-7H3. The predicted molar refractivity (Wildman–Crippen MR) is 167 cm³/mol. The fourth-order valence-electron chi connectivity index (χ4n) is 5.45. The van der Waals surface area contributed by atoms with Crippen molar-refractivity contribution < 1.29 is 21.6 Å². The van der Waals surface area contributed by atoms with E-state index in [-0.39, 0.29) is 49.9 Å². The Balaban J connectivity index is 1.49. The molecular formula is C32H41N3O5S2. The van der Waals surface area contributed by atoms with Crippen molar-refractivity contribution in [2.45, 2.75) is 64.7 Å². The number of aryl methyl sites for hydroxylation is 2. The summed E-state index contributed by atoms with van der Waals surface area (Å²) in [6, 6.07) is 13.8. The molecule has 1 saturated heterocycles. The van der Waals surface area contributed by atoms with Crippen LogP contribution in [0.5, 0.6) is 0 Å². The van der Waals surface area contributed by atoms with Crippen molar-refractivity contribution in [2.75, 3.05) is 37.0 Å². The third kappa shape index (κ3) is 6.11. The van der Waals surface area contributed by atoms with Gasteiger partial charge < -0.3 is 4.90 Å². The molecule has 0 aliphatic carbocycles. The lowest BCUT2D eigenvalue weighted by Gasteiger charge is -2.35. The highest BCUT2D eigenvalue weighted by Crippen LogP contribution is 2.32. The lowest BCUT2D eigenvalue weighted by Crippen LogP contribution is -2.51. The van der Waals surface area contributed by atoms with Crippen LogP contribution in [0.2, 0.25) is 0 Å². The molecule has 0 saturated carbocycles. The number of benzene rings is 3. The highest BCUT2D eigenvalue weighted by Gasteiger charge is 2.34. The molecule has 1 fully saturated rings. The average molecular weight is 612 g/mol. The largest absolute Gasteiger partial charge is 0.340 e. The third-order valence-corrected chi connectivity index (χ3v) is 12.6. The van der Waals surface area contributed by atoms with Crippen molar-refractivity contribution in [3.05, 3.63) is 87.5 Å². The molecule has 0 radical (unpaired) electrons. The van der Waals surface area contributed by atoms with Crippen molar-refractivity contribution in [3.63, 3.8) is 0 Å². The predicted octanol–water partition coefficient (Wildman–Crippen LogP) is 4.96. The summed E-state index contributed by atoms with van der Waals surface area (Å²) in [6.07, 6.45) is -0.0275. The summed E-state index contributed by atoms with van der Waals surface area (Å²) in [5.41, 5.74) is 7.01. The van der Waals surface area contributed by atoms with Gasteiger partial charge in [0.15, 0.2) is 0 Å². The van der Waals surface area contributed by atoms with Crippen LogP contribution in [0, 0.1) is 48.5 Å². The van der Waals surface area contributed by atoms with E-state index in [0.29, 0.717) is 10.6 Å². The van der Waals surface area contributed by atoms with Crippen LogP contribution in [0.3, 0.4) is 0 Å². The molecule has 42 heavy (non-hydrogen) atoms. The van der Waals surface area contributed by atoms with Crippen LogP contribution in [0.4, 0.5) is 5.69 Å². The van der Waals surface area contributed by atoms with Crippen molar-refractivity contribution in [1.82, 2.24) is 9.21 Å². The fraction of sp³-hybridized carbons (Fsp3) is 0.406. The number of nitrogens with zero attached hydrogens (tertiary/aromatic N) is 3. The van der Waals surface area contributed by atoms with Gasteiger partial charge in [-0.15, -0.1) is 0 Å². The summed E-state index contributed by atoms with van der Waals surface area (Å²) >= 11 is 0. The Labute approximate surface area is 251 Å². The number of rotatable bonds is 8. The molecule has 10 heteroatoms. The van der Waals surface area contributed by atoms with E-state index in [0.717, 1.165) is 38.9 Å². The first kappa shape index (κ1) is 31.7. The molecule has 0 aromatic heterocycles. The van der Waals surface area contributed by atoms with E-state index >= 15 is 0 Å². The average Bonchev–Trinajstić information content (AvgIpc) is 2.96. The molecule has 0 unspecified atom stereocenters. The van der Waals surface area contributed by atoms with E-state index in [1.54, 1.807) is 41.3 Å². The molecule has 3 aromatic carbocycles. The van der Waals surface area contributed by atoms with E-state index in [2.05, 4.69) is 0 Å². The fourth-order valence-corrected chi connectivity index (χ4v) is 8.90. The number of hydrogen-bond acceptors (Lipinski definition) is 5. The maximum absolute atomic E-state index is 13.7. The van der Waals surface area contributed by atoms with Crippen LogP contribution in [0.15, 0.2) is 58.3 Å². The molecule has 0 atom stereocenters. The zero-order valence-electron chi connectivity index (χ0n) is 25.6. The van der Waals surface area contributed by atoms with Crippen LogP contribution >= 0.6 is 0 Å². The lowest BCUT2D eigenvalue weighted by molar-refractivity contribution is -0.132. The molecular weight excluding hydrogens is 571 g/mol. The summed E-state index contributed by atoms with van der Waals surface area (Å²) in [5, 5.41) is 0. The molecule has 0 spiro atoms. The Morgan fingerprint density at radius 2 is 1.12 bits per heavy atom. The second-order valence-electron chi connectivity index (χ2n) is 11.2. The number of carbonyl (C=O) groups is 1. The summed E-state index contributed by atoms with van der Waals surface area (Å²) in [7, 11) is -7.66. The van der Waals surface area contributed by atoms with Gasteiger partial charge in [-0.05, 0) is 101 Å². The lowest BCUT2D eigenvalue weighted by atomic mass is 9.95. The summed E-state index contributed by atoms with van der Waals surface area (Å²) in [5.74, 6) is -0.211. The summed E-state index contributed by atoms with van der Waals surface area (Å²) < 4.78 is 57.5. The number of sulfonamides is 2. The highest BCUT2D eigenvalue weighted by atomic mass is 32.2. The third-order valence-electron chi connectivity index (χ3n) is 8.58. The van der Waals surface area contributed by atoms with Gasteiger partial charge in [-0.1, -0.05) is 35.4 Å². The Bertz CT molecular complexity index is 1660. The number of piperazine rings is 1. The molecule has 4 rings (SSSR count). The Hall–Kier alpha value is -3.21. The minimum absolute atomic E-state index is 0.0275. The first-order valence-electron chi connectivity index (χ1n) is 14.2. The Kier molecular flexibility index (Phi) is 9.20. The Morgan fingerprint density at radius 1 is 0.667 bits per heavy atom. The maximum atomic E-state index is 13.7. The van der Waals surface area contributed by atoms with Crippen molar-refractivity contribution >= 4 is 31.6 Å². The number of carbonyl (C=O) groups excluding carboxylic acids is 1. The van der Waals surface area contributed by atoms with Crippen LogP contribution in [0.25, 0.3) is 0 Å². The Morgan fingerprint density at radius 3 is 1.62 bits per heavy atom. The van der Waals surface area contributed by atoms with Crippen molar-refractivity contribution in [3.8, 4) is 0 Å². The van der Waals surface area contributed by atoms with Crippen LogP contribution in [-0.2, 0) is 24.8 Å². The quantitative estimate of drug-likeness (QED) is 0.359. The van der Waals surface area contributed by atoms with Gasteiger partial charge in [0.05, 0.1) is 15.5 Å². The van der Waals surface area contributed by atoms with Crippen LogP contribution in [0.1, 0.15) is 45.4 Å². The van der Waals surface area contributed by atoms with Gasteiger partial charge in [-0.2, -0.15) is 4.31 Å². The van der Waals surface area contributed by atoms with E-state index in [1.807, 2.05) is 60.6 Å². The van der Waals surface area contributed by atoms with Gasteiger partial charge in [0.25, 0.3) is 10.0 Å².